The molecule has 0 saturated heterocycles. The van der Waals surface area contributed by atoms with Crippen LogP contribution in [0.3, 0.4) is 0 Å². The van der Waals surface area contributed by atoms with Crippen molar-refractivity contribution in [2.24, 2.45) is 10.9 Å². The highest BCUT2D eigenvalue weighted by molar-refractivity contribution is 6.18. The number of esters is 1. The number of amidine groups is 1. The number of hydrogen-bond donors (Lipinski definition) is 1. The van der Waals surface area contributed by atoms with Crippen molar-refractivity contribution in [3.05, 3.63) is 34.4 Å². The fourth-order valence-electron chi connectivity index (χ4n) is 2.59. The Morgan fingerprint density at radius 1 is 1.32 bits per heavy atom. The van der Waals surface area contributed by atoms with Crippen LogP contribution in [0.25, 0.3) is 0 Å². The lowest BCUT2D eigenvalue weighted by atomic mass is 9.89. The van der Waals surface area contributed by atoms with Gasteiger partial charge in [-0.05, 0) is 38.3 Å². The zero-order valence-corrected chi connectivity index (χ0v) is 13.9. The van der Waals surface area contributed by atoms with Crippen molar-refractivity contribution in [1.29, 1.82) is 0 Å². The van der Waals surface area contributed by atoms with Crippen molar-refractivity contribution < 1.29 is 14.3 Å². The molecule has 0 saturated carbocycles. The van der Waals surface area contributed by atoms with Gasteiger partial charge in [0.1, 0.15) is 11.4 Å². The van der Waals surface area contributed by atoms with E-state index in [2.05, 4.69) is 10.3 Å². The summed E-state index contributed by atoms with van der Waals surface area (Å²) < 4.78 is 4.88. The topological polar surface area (TPSA) is 67.8 Å². The molecule has 0 fully saturated rings. The van der Waals surface area contributed by atoms with Crippen LogP contribution in [-0.4, -0.2) is 30.4 Å². The third-order valence-corrected chi connectivity index (χ3v) is 4.28. The lowest BCUT2D eigenvalue weighted by molar-refractivity contribution is -0.124. The Balaban J connectivity index is 2.63. The highest BCUT2D eigenvalue weighted by atomic mass is 16.5. The molecule has 5 nitrogen and oxygen atoms in total. The fraction of sp³-hybridized carbons (Fsp3) is 0.471. The van der Waals surface area contributed by atoms with Gasteiger partial charge in [-0.2, -0.15) is 0 Å². The second-order valence-corrected chi connectivity index (χ2v) is 6.21. The van der Waals surface area contributed by atoms with Gasteiger partial charge in [0.15, 0.2) is 0 Å². The molecule has 0 spiro atoms. The number of methoxy groups -OCH3 is 1. The van der Waals surface area contributed by atoms with Gasteiger partial charge in [-0.25, -0.2) is 4.79 Å². The summed E-state index contributed by atoms with van der Waals surface area (Å²) in [4.78, 5) is 29.0. The molecule has 0 aliphatic carbocycles. The Bertz CT molecular complexity index is 677. The molecule has 1 unspecified atom stereocenters. The molecule has 1 aromatic rings. The normalized spacial score (nSPS) is 20.9. The monoisotopic (exact) mass is 302 g/mol. The average Bonchev–Trinajstić information content (AvgIpc) is 2.74. The van der Waals surface area contributed by atoms with Gasteiger partial charge in [0.25, 0.3) is 5.91 Å². The maximum atomic E-state index is 12.3. The number of aliphatic imine (C=N–C) groups is 1. The smallest absolute Gasteiger partial charge is 0.338 e. The summed E-state index contributed by atoms with van der Waals surface area (Å²) in [7, 11) is 1.35. The number of rotatable bonds is 3. The summed E-state index contributed by atoms with van der Waals surface area (Å²) in [5.41, 5.74) is 2.04. The first-order valence-electron chi connectivity index (χ1n) is 7.32. The maximum absolute atomic E-state index is 12.3. The van der Waals surface area contributed by atoms with Crippen molar-refractivity contribution in [3.63, 3.8) is 0 Å². The molecule has 1 aliphatic rings. The van der Waals surface area contributed by atoms with Crippen LogP contribution < -0.4 is 5.32 Å². The summed E-state index contributed by atoms with van der Waals surface area (Å²) in [5.74, 6) is -0.0824. The van der Waals surface area contributed by atoms with E-state index in [-0.39, 0.29) is 11.8 Å². The molecule has 118 valence electrons. The van der Waals surface area contributed by atoms with Gasteiger partial charge in [0, 0.05) is 5.56 Å². The van der Waals surface area contributed by atoms with Crippen LogP contribution in [0.2, 0.25) is 0 Å². The number of nitrogens with one attached hydrogen (secondary N) is 1. The zero-order chi connectivity index (χ0) is 16.7. The predicted octanol–water partition coefficient (Wildman–Crippen LogP) is 2.38. The summed E-state index contributed by atoms with van der Waals surface area (Å²) in [6.07, 6.45) is 0. The van der Waals surface area contributed by atoms with E-state index in [1.165, 1.54) is 7.11 Å². The number of ether oxygens (including phenoxy) is 1. The van der Waals surface area contributed by atoms with Gasteiger partial charge in [-0.3, -0.25) is 9.79 Å². The van der Waals surface area contributed by atoms with Crippen LogP contribution in [0.1, 0.15) is 47.8 Å². The van der Waals surface area contributed by atoms with Gasteiger partial charge < -0.3 is 10.1 Å². The molecule has 1 atom stereocenters. The Hall–Kier alpha value is -2.17. The predicted molar refractivity (Wildman–Crippen MR) is 85.2 cm³/mol. The van der Waals surface area contributed by atoms with E-state index in [0.717, 1.165) is 11.1 Å². The Kier molecular flexibility index (Phi) is 4.09. The molecule has 22 heavy (non-hydrogen) atoms. The molecule has 2 rings (SSSR count). The molecule has 1 amide bonds. The lowest BCUT2D eigenvalue weighted by Gasteiger charge is -2.21. The largest absolute Gasteiger partial charge is 0.465 e. The van der Waals surface area contributed by atoms with Gasteiger partial charge >= 0.3 is 5.97 Å². The van der Waals surface area contributed by atoms with E-state index in [1.807, 2.05) is 39.8 Å². The van der Waals surface area contributed by atoms with Gasteiger partial charge in [-0.15, -0.1) is 0 Å². The van der Waals surface area contributed by atoms with Crippen molar-refractivity contribution in [2.45, 2.75) is 40.2 Å². The van der Waals surface area contributed by atoms with Crippen LogP contribution in [0.5, 0.6) is 0 Å². The molecule has 0 radical (unpaired) electrons. The number of amides is 1. The summed E-state index contributed by atoms with van der Waals surface area (Å²) in [6.45, 7) is 9.50. The van der Waals surface area contributed by atoms with Crippen LogP contribution in [0.4, 0.5) is 0 Å². The fourth-order valence-corrected chi connectivity index (χ4v) is 2.59. The number of carbonyl (C=O) groups is 2. The molecule has 1 aliphatic heterocycles. The molecule has 0 bridgehead atoms. The third-order valence-electron chi connectivity index (χ3n) is 4.28. The highest BCUT2D eigenvalue weighted by Gasteiger charge is 2.42. The van der Waals surface area contributed by atoms with E-state index in [4.69, 9.17) is 4.74 Å². The maximum Gasteiger partial charge on any atom is 0.338 e. The second-order valence-electron chi connectivity index (χ2n) is 6.21. The Morgan fingerprint density at radius 3 is 2.45 bits per heavy atom. The zero-order valence-electron chi connectivity index (χ0n) is 13.9. The van der Waals surface area contributed by atoms with Gasteiger partial charge in [0.05, 0.1) is 12.7 Å². The SMILES string of the molecule is COC(=O)c1c(C)cc(C)cc1C1=NC(C)(C(C)C)C(=O)N1. The van der Waals surface area contributed by atoms with Gasteiger partial charge in [0.2, 0.25) is 0 Å². The van der Waals surface area contributed by atoms with Crippen molar-refractivity contribution >= 4 is 17.7 Å². The Morgan fingerprint density at radius 2 is 1.95 bits per heavy atom. The minimum Gasteiger partial charge on any atom is -0.465 e. The summed E-state index contributed by atoms with van der Waals surface area (Å²) >= 11 is 0. The highest BCUT2D eigenvalue weighted by Crippen LogP contribution is 2.29. The van der Waals surface area contributed by atoms with Crippen molar-refractivity contribution in [1.82, 2.24) is 5.32 Å². The Labute approximate surface area is 130 Å². The second kappa shape index (κ2) is 5.55. The molecular formula is C17H22N2O3. The van der Waals surface area contributed by atoms with E-state index in [1.54, 1.807) is 6.92 Å². The average molecular weight is 302 g/mol. The molecule has 1 N–H and O–H groups in total. The number of carbonyl (C=O) groups excluding carboxylic acids is 2. The molecule has 1 aromatic carbocycles. The lowest BCUT2D eigenvalue weighted by Crippen LogP contribution is -2.41. The van der Waals surface area contributed by atoms with Crippen LogP contribution in [-0.2, 0) is 9.53 Å². The summed E-state index contributed by atoms with van der Waals surface area (Å²) in [6, 6.07) is 3.76. The molecule has 0 aromatic heterocycles. The number of aryl methyl sites for hydroxylation is 2. The number of hydrogen-bond acceptors (Lipinski definition) is 4. The van der Waals surface area contributed by atoms with E-state index in [0.29, 0.717) is 17.0 Å². The first-order chi connectivity index (χ1) is 10.2. The summed E-state index contributed by atoms with van der Waals surface area (Å²) in [5, 5.41) is 2.82. The quantitative estimate of drug-likeness (QED) is 0.872. The van der Waals surface area contributed by atoms with E-state index < -0.39 is 11.5 Å². The number of nitrogens with zero attached hydrogens (tertiary/aromatic N) is 1. The molecule has 1 heterocycles. The molecular weight excluding hydrogens is 280 g/mol. The molecule has 5 heteroatoms. The minimum absolute atomic E-state index is 0.0532. The van der Waals surface area contributed by atoms with Gasteiger partial charge in [-0.1, -0.05) is 25.5 Å². The first-order valence-corrected chi connectivity index (χ1v) is 7.32. The number of benzene rings is 1. The van der Waals surface area contributed by atoms with E-state index in [9.17, 15) is 9.59 Å². The van der Waals surface area contributed by atoms with Crippen LogP contribution in [0.15, 0.2) is 17.1 Å². The first kappa shape index (κ1) is 16.2. The van der Waals surface area contributed by atoms with Crippen molar-refractivity contribution in [3.8, 4) is 0 Å². The standard InChI is InChI=1S/C17H22N2O3/c1-9(2)17(5)16(21)18-14(19-17)12-8-10(3)7-11(4)13(12)15(20)22-6/h7-9H,1-6H3,(H,18,19,21). The third kappa shape index (κ3) is 2.51. The van der Waals surface area contributed by atoms with E-state index >= 15 is 0 Å². The van der Waals surface area contributed by atoms with Crippen LogP contribution >= 0.6 is 0 Å². The van der Waals surface area contributed by atoms with Crippen LogP contribution in [0, 0.1) is 19.8 Å². The minimum atomic E-state index is -0.819. The van der Waals surface area contributed by atoms with Crippen molar-refractivity contribution in [2.75, 3.05) is 7.11 Å².